The maximum Gasteiger partial charge on any atom is 0.392 e. The Morgan fingerprint density at radius 2 is 2.44 bits per heavy atom. The summed E-state index contributed by atoms with van der Waals surface area (Å²) in [7, 11) is 0. The molecule has 0 spiro atoms. The van der Waals surface area contributed by atoms with E-state index in [1.54, 1.807) is 13.8 Å². The molecule has 0 aliphatic rings. The second kappa shape index (κ2) is 4.71. The molecule has 0 aromatic carbocycles. The summed E-state index contributed by atoms with van der Waals surface area (Å²) < 4.78 is 1.39. The van der Waals surface area contributed by atoms with Gasteiger partial charge in [0.15, 0.2) is 0 Å². The van der Waals surface area contributed by atoms with Crippen LogP contribution < -0.4 is 11.3 Å². The van der Waals surface area contributed by atoms with Gasteiger partial charge in [0, 0.05) is 0 Å². The van der Waals surface area contributed by atoms with Crippen LogP contribution in [0.4, 0.5) is 5.82 Å². The minimum Gasteiger partial charge on any atom is -0.358 e. The second-order valence-electron chi connectivity index (χ2n) is 3.49. The number of rotatable bonds is 4. The average molecular weight is 227 g/mol. The fourth-order valence-corrected chi connectivity index (χ4v) is 1.30. The predicted molar refractivity (Wildman–Crippen MR) is 55.3 cm³/mol. The number of carbonyl (C=O) groups is 1. The summed E-state index contributed by atoms with van der Waals surface area (Å²) in [4.78, 5) is 21.0. The van der Waals surface area contributed by atoms with Gasteiger partial charge >= 0.3 is 5.82 Å². The van der Waals surface area contributed by atoms with E-state index in [-0.39, 0.29) is 24.2 Å². The molecule has 0 saturated carbocycles. The van der Waals surface area contributed by atoms with E-state index >= 15 is 0 Å². The van der Waals surface area contributed by atoms with Crippen molar-refractivity contribution in [3.63, 3.8) is 0 Å². The molecule has 1 aromatic rings. The number of aryl methyl sites for hydroxylation is 1. The summed E-state index contributed by atoms with van der Waals surface area (Å²) in [6.45, 7) is 3.32. The molecule has 1 heterocycles. The van der Waals surface area contributed by atoms with Crippen molar-refractivity contribution in [3.05, 3.63) is 21.9 Å². The van der Waals surface area contributed by atoms with Crippen LogP contribution >= 0.6 is 0 Å². The molecule has 88 valence electrons. The van der Waals surface area contributed by atoms with Crippen LogP contribution in [0, 0.1) is 17.0 Å². The zero-order valence-corrected chi connectivity index (χ0v) is 9.01. The molecule has 0 radical (unpaired) electrons. The number of hydrogen-bond donors (Lipinski definition) is 2. The highest BCUT2D eigenvalue weighted by Crippen LogP contribution is 2.18. The Bertz CT molecular complexity index is 414. The Morgan fingerprint density at radius 3 is 2.88 bits per heavy atom. The Morgan fingerprint density at radius 1 is 1.81 bits per heavy atom. The fraction of sp³-hybridized carbons (Fsp3) is 0.500. The number of nitrogens with one attached hydrogen (secondary N) is 1. The molecular formula is C8H13N5O3. The smallest absolute Gasteiger partial charge is 0.358 e. The van der Waals surface area contributed by atoms with Crippen molar-refractivity contribution < 1.29 is 9.72 Å². The van der Waals surface area contributed by atoms with Crippen LogP contribution in [0.3, 0.4) is 0 Å². The van der Waals surface area contributed by atoms with Gasteiger partial charge in [0.25, 0.3) is 0 Å². The molecule has 3 N–H and O–H groups in total. The molecule has 0 fully saturated rings. The van der Waals surface area contributed by atoms with E-state index in [9.17, 15) is 14.9 Å². The zero-order chi connectivity index (χ0) is 12.3. The summed E-state index contributed by atoms with van der Waals surface area (Å²) >= 11 is 0. The minimum atomic E-state index is -0.554. The van der Waals surface area contributed by atoms with Crippen LogP contribution in [0.5, 0.6) is 0 Å². The molecule has 1 rings (SSSR count). The van der Waals surface area contributed by atoms with Gasteiger partial charge < -0.3 is 10.1 Å². The second-order valence-corrected chi connectivity index (χ2v) is 3.49. The Labute approximate surface area is 91.5 Å². The molecule has 1 aromatic heterocycles. The highest BCUT2D eigenvalue weighted by atomic mass is 16.6. The summed E-state index contributed by atoms with van der Waals surface area (Å²) in [5.41, 5.74) is 2.46. The Kier molecular flexibility index (Phi) is 3.56. The predicted octanol–water partition coefficient (Wildman–Crippen LogP) is 0.0407. The number of nitrogens with two attached hydrogens (primary N) is 1. The number of nitro groups is 1. The maximum atomic E-state index is 11.0. The first-order valence-corrected chi connectivity index (χ1v) is 4.65. The van der Waals surface area contributed by atoms with Gasteiger partial charge in [-0.15, -0.1) is 0 Å². The molecule has 1 atom stereocenters. The number of aromatic nitrogens is 2. The third kappa shape index (κ3) is 2.54. The maximum absolute atomic E-state index is 11.0. The van der Waals surface area contributed by atoms with E-state index in [1.807, 2.05) is 5.43 Å². The molecule has 0 saturated heterocycles. The molecule has 1 amide bonds. The molecular weight excluding hydrogens is 214 g/mol. The van der Waals surface area contributed by atoms with Gasteiger partial charge in [-0.2, -0.15) is 4.68 Å². The molecule has 16 heavy (non-hydrogen) atoms. The topological polar surface area (TPSA) is 116 Å². The van der Waals surface area contributed by atoms with Crippen LogP contribution in [-0.4, -0.2) is 20.6 Å². The summed E-state index contributed by atoms with van der Waals surface area (Å²) in [6, 6.07) is -0.282. The van der Waals surface area contributed by atoms with Crippen molar-refractivity contribution in [1.29, 1.82) is 0 Å². The van der Waals surface area contributed by atoms with Crippen LogP contribution in [0.1, 0.15) is 24.9 Å². The van der Waals surface area contributed by atoms with E-state index in [0.717, 1.165) is 0 Å². The number of hydrogen-bond acceptors (Lipinski definition) is 5. The van der Waals surface area contributed by atoms with E-state index in [1.165, 1.54) is 10.9 Å². The minimum absolute atomic E-state index is 0.120. The van der Waals surface area contributed by atoms with E-state index in [0.29, 0.717) is 5.56 Å². The van der Waals surface area contributed by atoms with Gasteiger partial charge in [0.05, 0.1) is 29.3 Å². The zero-order valence-electron chi connectivity index (χ0n) is 9.01. The van der Waals surface area contributed by atoms with E-state index < -0.39 is 4.92 Å². The lowest BCUT2D eigenvalue weighted by molar-refractivity contribution is -0.390. The summed E-state index contributed by atoms with van der Waals surface area (Å²) in [5, 5.41) is 14.4. The first kappa shape index (κ1) is 12.1. The lowest BCUT2D eigenvalue weighted by atomic mass is 10.2. The fourth-order valence-electron chi connectivity index (χ4n) is 1.30. The third-order valence-corrected chi connectivity index (χ3v) is 2.16. The Balaban J connectivity index is 2.84. The molecule has 0 aliphatic carbocycles. The standard InChI is InChI=1S/C8H13N5O3/c1-5-4-12(11-8(5)13(15)16)6(2)3-7(14)10-9/h4,6H,3,9H2,1-2H3,(H,10,14). The van der Waals surface area contributed by atoms with Gasteiger partial charge in [0.1, 0.15) is 0 Å². The lowest BCUT2D eigenvalue weighted by Crippen LogP contribution is -2.31. The van der Waals surface area contributed by atoms with Gasteiger partial charge in [-0.1, -0.05) is 0 Å². The van der Waals surface area contributed by atoms with E-state index in [2.05, 4.69) is 5.10 Å². The largest absolute Gasteiger partial charge is 0.392 e. The van der Waals surface area contributed by atoms with Crippen LogP contribution in [0.2, 0.25) is 0 Å². The summed E-state index contributed by atoms with van der Waals surface area (Å²) in [5.74, 6) is 4.41. The quantitative estimate of drug-likeness (QED) is 0.326. The highest BCUT2D eigenvalue weighted by molar-refractivity contribution is 5.75. The van der Waals surface area contributed by atoms with Crippen molar-refractivity contribution in [3.8, 4) is 0 Å². The molecule has 0 bridgehead atoms. The lowest BCUT2D eigenvalue weighted by Gasteiger charge is -2.06. The van der Waals surface area contributed by atoms with Gasteiger partial charge in [0.2, 0.25) is 5.91 Å². The Hall–Kier alpha value is -1.96. The average Bonchev–Trinajstić information content (AvgIpc) is 2.60. The summed E-state index contributed by atoms with van der Waals surface area (Å²) in [6.07, 6.45) is 1.65. The monoisotopic (exact) mass is 227 g/mol. The van der Waals surface area contributed by atoms with Crippen molar-refractivity contribution in [2.45, 2.75) is 26.3 Å². The van der Waals surface area contributed by atoms with Crippen LogP contribution in [0.15, 0.2) is 6.20 Å². The van der Waals surface area contributed by atoms with Gasteiger partial charge in [-0.05, 0) is 18.8 Å². The third-order valence-electron chi connectivity index (χ3n) is 2.16. The van der Waals surface area contributed by atoms with Crippen molar-refractivity contribution >= 4 is 11.7 Å². The number of nitrogens with zero attached hydrogens (tertiary/aromatic N) is 3. The number of hydrazine groups is 1. The number of carbonyl (C=O) groups excluding carboxylic acids is 1. The number of amides is 1. The van der Waals surface area contributed by atoms with Gasteiger partial charge in [-0.3, -0.25) is 10.2 Å². The van der Waals surface area contributed by atoms with Crippen LogP contribution in [-0.2, 0) is 4.79 Å². The molecule has 8 nitrogen and oxygen atoms in total. The first-order chi connectivity index (χ1) is 7.45. The van der Waals surface area contributed by atoms with Crippen molar-refractivity contribution in [1.82, 2.24) is 15.2 Å². The van der Waals surface area contributed by atoms with Gasteiger partial charge in [-0.25, -0.2) is 5.84 Å². The normalized spacial score (nSPS) is 12.2. The molecule has 1 unspecified atom stereocenters. The van der Waals surface area contributed by atoms with Crippen LogP contribution in [0.25, 0.3) is 0 Å². The van der Waals surface area contributed by atoms with E-state index in [4.69, 9.17) is 5.84 Å². The van der Waals surface area contributed by atoms with Crippen molar-refractivity contribution in [2.24, 2.45) is 5.84 Å². The SMILES string of the molecule is Cc1cn(C(C)CC(=O)NN)nc1[N+](=O)[O-]. The molecule has 0 aliphatic heterocycles. The van der Waals surface area contributed by atoms with Crippen molar-refractivity contribution in [2.75, 3.05) is 0 Å². The molecule has 8 heteroatoms. The highest BCUT2D eigenvalue weighted by Gasteiger charge is 2.21. The first-order valence-electron chi connectivity index (χ1n) is 4.65.